The van der Waals surface area contributed by atoms with E-state index in [2.05, 4.69) is 15.3 Å². The molecule has 27 heavy (non-hydrogen) atoms. The second-order valence-corrected chi connectivity index (χ2v) is 6.56. The summed E-state index contributed by atoms with van der Waals surface area (Å²) in [5.74, 6) is -0.298. The minimum absolute atomic E-state index is 0.102. The first kappa shape index (κ1) is 19.0. The fourth-order valence-corrected chi connectivity index (χ4v) is 2.99. The number of halogens is 2. The zero-order valence-corrected chi connectivity index (χ0v) is 15.4. The molecule has 3 rings (SSSR count). The van der Waals surface area contributed by atoms with Gasteiger partial charge in [0.25, 0.3) is 5.91 Å². The second-order valence-electron chi connectivity index (χ2n) is 6.15. The molecule has 0 aliphatic carbocycles. The molecule has 0 spiro atoms. The van der Waals surface area contributed by atoms with Gasteiger partial charge in [0.15, 0.2) is 0 Å². The molecule has 2 aromatic rings. The number of carbonyl (C=O) groups is 2. The molecule has 1 aliphatic rings. The number of ether oxygens (including phenoxy) is 1. The highest BCUT2D eigenvalue weighted by Gasteiger charge is 2.26. The van der Waals surface area contributed by atoms with E-state index >= 15 is 0 Å². The molecule has 9 heteroatoms. The average molecular weight is 393 g/mol. The Balaban J connectivity index is 1.61. The van der Waals surface area contributed by atoms with Gasteiger partial charge in [-0.3, -0.25) is 9.59 Å². The summed E-state index contributed by atoms with van der Waals surface area (Å²) in [6.07, 6.45) is 3.58. The Hall–Kier alpha value is -2.74. The molecule has 1 fully saturated rings. The number of rotatable bonds is 4. The molecule has 0 atom stereocenters. The van der Waals surface area contributed by atoms with Crippen molar-refractivity contribution in [2.24, 2.45) is 0 Å². The topological polar surface area (TPSA) is 84.4 Å². The third-order valence-electron chi connectivity index (χ3n) is 4.11. The molecule has 1 aliphatic heterocycles. The molecule has 7 nitrogen and oxygen atoms in total. The van der Waals surface area contributed by atoms with Crippen molar-refractivity contribution in [2.75, 3.05) is 18.4 Å². The van der Waals surface area contributed by atoms with Crippen LogP contribution in [0, 0.1) is 5.82 Å². The van der Waals surface area contributed by atoms with Crippen LogP contribution < -0.4 is 10.1 Å². The van der Waals surface area contributed by atoms with Crippen LogP contribution in [0.1, 0.15) is 30.1 Å². The SMILES string of the molecule is CC(=O)Nc1cc(C(=O)N2CCC(Oc3ccc(F)cn3)CC2)c(Cl)cn1. The summed E-state index contributed by atoms with van der Waals surface area (Å²) in [6, 6.07) is 4.24. The highest BCUT2D eigenvalue weighted by molar-refractivity contribution is 6.33. The summed E-state index contributed by atoms with van der Waals surface area (Å²) in [6.45, 7) is 2.33. The van der Waals surface area contributed by atoms with Gasteiger partial charge < -0.3 is 15.0 Å². The van der Waals surface area contributed by atoms with Gasteiger partial charge in [0.05, 0.1) is 16.8 Å². The number of nitrogens with zero attached hydrogens (tertiary/aromatic N) is 3. The zero-order chi connectivity index (χ0) is 19.4. The quantitative estimate of drug-likeness (QED) is 0.864. The molecule has 2 amide bonds. The lowest BCUT2D eigenvalue weighted by Crippen LogP contribution is -2.42. The minimum Gasteiger partial charge on any atom is -0.474 e. The van der Waals surface area contributed by atoms with Crippen LogP contribution in [-0.4, -0.2) is 45.9 Å². The molecule has 142 valence electrons. The smallest absolute Gasteiger partial charge is 0.255 e. The second kappa shape index (κ2) is 8.30. The number of nitrogens with one attached hydrogen (secondary N) is 1. The van der Waals surface area contributed by atoms with Crippen molar-refractivity contribution in [3.8, 4) is 5.88 Å². The molecule has 0 aromatic carbocycles. The maximum absolute atomic E-state index is 12.9. The molecule has 0 saturated carbocycles. The Morgan fingerprint density at radius 3 is 2.63 bits per heavy atom. The van der Waals surface area contributed by atoms with Gasteiger partial charge >= 0.3 is 0 Å². The summed E-state index contributed by atoms with van der Waals surface area (Å²) < 4.78 is 18.6. The van der Waals surface area contributed by atoms with Gasteiger partial charge in [0.2, 0.25) is 11.8 Å². The third-order valence-corrected chi connectivity index (χ3v) is 4.41. The maximum atomic E-state index is 12.9. The summed E-state index contributed by atoms with van der Waals surface area (Å²) in [5, 5.41) is 2.76. The lowest BCUT2D eigenvalue weighted by molar-refractivity contribution is -0.114. The first-order chi connectivity index (χ1) is 12.9. The van der Waals surface area contributed by atoms with Crippen molar-refractivity contribution >= 4 is 29.2 Å². The van der Waals surface area contributed by atoms with E-state index in [1.165, 1.54) is 31.3 Å². The van der Waals surface area contributed by atoms with Gasteiger partial charge in [0, 0.05) is 45.1 Å². The van der Waals surface area contributed by atoms with E-state index in [-0.39, 0.29) is 34.3 Å². The van der Waals surface area contributed by atoms with E-state index < -0.39 is 5.82 Å². The summed E-state index contributed by atoms with van der Waals surface area (Å²) in [4.78, 5) is 33.5. The van der Waals surface area contributed by atoms with Gasteiger partial charge in [-0.1, -0.05) is 11.6 Å². The first-order valence-corrected chi connectivity index (χ1v) is 8.81. The van der Waals surface area contributed by atoms with E-state index in [0.717, 1.165) is 6.20 Å². The van der Waals surface area contributed by atoms with Gasteiger partial charge in [-0.15, -0.1) is 0 Å². The number of hydrogen-bond donors (Lipinski definition) is 1. The van der Waals surface area contributed by atoms with Crippen LogP contribution in [0.3, 0.4) is 0 Å². The zero-order valence-electron chi connectivity index (χ0n) is 14.6. The van der Waals surface area contributed by atoms with Crippen LogP contribution in [0.15, 0.2) is 30.6 Å². The van der Waals surface area contributed by atoms with Gasteiger partial charge in [-0.05, 0) is 12.1 Å². The largest absolute Gasteiger partial charge is 0.474 e. The Labute approximate surface area is 160 Å². The van der Waals surface area contributed by atoms with Crippen LogP contribution in [0.5, 0.6) is 5.88 Å². The van der Waals surface area contributed by atoms with Crippen LogP contribution in [0.25, 0.3) is 0 Å². The molecular weight excluding hydrogens is 375 g/mol. The number of pyridine rings is 2. The average Bonchev–Trinajstić information content (AvgIpc) is 2.65. The van der Waals surface area contributed by atoms with E-state index in [4.69, 9.17) is 16.3 Å². The first-order valence-electron chi connectivity index (χ1n) is 8.43. The van der Waals surface area contributed by atoms with Crippen LogP contribution in [-0.2, 0) is 4.79 Å². The van der Waals surface area contributed by atoms with E-state index in [0.29, 0.717) is 31.8 Å². The molecule has 0 radical (unpaired) electrons. The number of amides is 2. The van der Waals surface area contributed by atoms with E-state index in [9.17, 15) is 14.0 Å². The summed E-state index contributed by atoms with van der Waals surface area (Å²) in [7, 11) is 0. The predicted octanol–water partition coefficient (Wildman–Crippen LogP) is 2.91. The van der Waals surface area contributed by atoms with Crippen molar-refractivity contribution < 1.29 is 18.7 Å². The Bertz CT molecular complexity index is 839. The Morgan fingerprint density at radius 1 is 1.26 bits per heavy atom. The highest BCUT2D eigenvalue weighted by atomic mass is 35.5. The number of likely N-dealkylation sites (tertiary alicyclic amines) is 1. The molecular formula is C18H18ClFN4O3. The van der Waals surface area contributed by atoms with Gasteiger partial charge in [0.1, 0.15) is 17.7 Å². The molecule has 2 aromatic heterocycles. The highest BCUT2D eigenvalue weighted by Crippen LogP contribution is 2.23. The number of anilines is 1. The standard InChI is InChI=1S/C18H18ClFN4O3/c1-11(25)23-16-8-14(15(19)10-21-16)18(26)24-6-4-13(5-7-24)27-17-3-2-12(20)9-22-17/h2-3,8-10,13H,4-7H2,1H3,(H,21,23,25). The Morgan fingerprint density at radius 2 is 2.00 bits per heavy atom. The van der Waals surface area contributed by atoms with E-state index in [1.54, 1.807) is 4.90 Å². The number of aromatic nitrogens is 2. The molecule has 3 heterocycles. The predicted molar refractivity (Wildman–Crippen MR) is 97.3 cm³/mol. The van der Waals surface area contributed by atoms with Crippen molar-refractivity contribution in [3.63, 3.8) is 0 Å². The van der Waals surface area contributed by atoms with Crippen molar-refractivity contribution in [2.45, 2.75) is 25.9 Å². The molecule has 0 unspecified atom stereocenters. The van der Waals surface area contributed by atoms with Crippen molar-refractivity contribution in [3.05, 3.63) is 47.0 Å². The lowest BCUT2D eigenvalue weighted by Gasteiger charge is -2.32. The van der Waals surface area contributed by atoms with Crippen LogP contribution in [0.4, 0.5) is 10.2 Å². The minimum atomic E-state index is -0.421. The monoisotopic (exact) mass is 392 g/mol. The van der Waals surface area contributed by atoms with Gasteiger partial charge in [-0.2, -0.15) is 0 Å². The molecule has 0 bridgehead atoms. The number of hydrogen-bond acceptors (Lipinski definition) is 5. The fraction of sp³-hybridized carbons (Fsp3) is 0.333. The third kappa shape index (κ3) is 4.91. The Kier molecular flexibility index (Phi) is 5.85. The van der Waals surface area contributed by atoms with Crippen LogP contribution in [0.2, 0.25) is 5.02 Å². The summed E-state index contributed by atoms with van der Waals surface area (Å²) in [5.41, 5.74) is 0.287. The maximum Gasteiger partial charge on any atom is 0.255 e. The van der Waals surface area contributed by atoms with Crippen LogP contribution >= 0.6 is 11.6 Å². The number of piperidine rings is 1. The number of carbonyl (C=O) groups excluding carboxylic acids is 2. The fourth-order valence-electron chi connectivity index (χ4n) is 2.80. The normalized spacial score (nSPS) is 14.7. The van der Waals surface area contributed by atoms with Crippen molar-refractivity contribution in [1.29, 1.82) is 0 Å². The van der Waals surface area contributed by atoms with Crippen molar-refractivity contribution in [1.82, 2.24) is 14.9 Å². The van der Waals surface area contributed by atoms with E-state index in [1.807, 2.05) is 0 Å². The molecule has 1 N–H and O–H groups in total. The van der Waals surface area contributed by atoms with Gasteiger partial charge in [-0.25, -0.2) is 14.4 Å². The summed E-state index contributed by atoms with van der Waals surface area (Å²) >= 11 is 6.11. The lowest BCUT2D eigenvalue weighted by atomic mass is 10.1. The molecule has 1 saturated heterocycles.